The van der Waals surface area contributed by atoms with Crippen LogP contribution in [0.4, 0.5) is 11.4 Å². The summed E-state index contributed by atoms with van der Waals surface area (Å²) in [6.45, 7) is 2.40. The van der Waals surface area contributed by atoms with Crippen LogP contribution in [0.25, 0.3) is 0 Å². The quantitative estimate of drug-likeness (QED) is 0.512. The van der Waals surface area contributed by atoms with E-state index in [1.54, 1.807) is 12.1 Å². The normalized spacial score (nSPS) is 11.2. The van der Waals surface area contributed by atoms with Crippen molar-refractivity contribution in [2.45, 2.75) is 18.7 Å². The number of methoxy groups -OCH3 is 1. The average Bonchev–Trinajstić information content (AvgIpc) is 3.07. The van der Waals surface area contributed by atoms with Crippen molar-refractivity contribution in [2.24, 2.45) is 0 Å². The number of benzene rings is 2. The summed E-state index contributed by atoms with van der Waals surface area (Å²) in [7, 11) is -2.73. The Morgan fingerprint density at radius 2 is 1.90 bits per heavy atom. The van der Waals surface area contributed by atoms with Crippen molar-refractivity contribution in [2.75, 3.05) is 23.3 Å². The maximum atomic E-state index is 13.4. The molecule has 0 fully saturated rings. The van der Waals surface area contributed by atoms with E-state index in [0.717, 1.165) is 4.31 Å². The van der Waals surface area contributed by atoms with Gasteiger partial charge in [0.25, 0.3) is 10.0 Å². The lowest BCUT2D eigenvalue weighted by Gasteiger charge is -2.24. The maximum absolute atomic E-state index is 13.4. The van der Waals surface area contributed by atoms with Gasteiger partial charge in [0, 0.05) is 5.02 Å². The number of rotatable bonds is 7. The van der Waals surface area contributed by atoms with Gasteiger partial charge in [-0.05, 0) is 56.3 Å². The number of aryl methyl sites for hydroxylation is 2. The second-order valence-electron chi connectivity index (χ2n) is 6.57. The molecular weight excluding hydrogens is 446 g/mol. The van der Waals surface area contributed by atoms with Crippen molar-refractivity contribution >= 4 is 38.9 Å². The highest BCUT2D eigenvalue weighted by atomic mass is 35.5. The molecule has 1 amide bonds. The Labute approximate surface area is 184 Å². The molecule has 9 nitrogen and oxygen atoms in total. The van der Waals surface area contributed by atoms with E-state index in [-0.39, 0.29) is 33.5 Å². The Morgan fingerprint density at radius 3 is 2.48 bits per heavy atom. The number of phenols is 1. The largest absolute Gasteiger partial charge is 0.506 e. The Hall–Kier alpha value is -3.24. The van der Waals surface area contributed by atoms with Crippen LogP contribution in [-0.4, -0.2) is 38.2 Å². The third-order valence-corrected chi connectivity index (χ3v) is 6.65. The van der Waals surface area contributed by atoms with Gasteiger partial charge < -0.3 is 19.7 Å². The number of nitrogens with one attached hydrogen (secondary N) is 1. The highest BCUT2D eigenvalue weighted by molar-refractivity contribution is 7.93. The zero-order chi connectivity index (χ0) is 22.8. The topological polar surface area (TPSA) is 122 Å². The van der Waals surface area contributed by atoms with Crippen LogP contribution in [0, 0.1) is 13.8 Å². The second kappa shape index (κ2) is 8.86. The van der Waals surface area contributed by atoms with Gasteiger partial charge in [-0.25, -0.2) is 8.42 Å². The standard InChI is InChI=1S/C20H20ClN3O6S/c1-12-20(13(2)30-23-12)31(27,28)24(15-5-7-16(29-3)8-6-15)11-19(26)22-17-10-14(21)4-9-18(17)25/h4-10,25H,11H2,1-3H3,(H,22,26). The molecule has 0 saturated heterocycles. The molecule has 0 radical (unpaired) electrons. The Morgan fingerprint density at radius 1 is 1.23 bits per heavy atom. The van der Waals surface area contributed by atoms with Gasteiger partial charge in [-0.15, -0.1) is 0 Å². The van der Waals surface area contributed by atoms with Gasteiger partial charge in [-0.1, -0.05) is 16.8 Å². The zero-order valence-electron chi connectivity index (χ0n) is 16.9. The first-order valence-electron chi connectivity index (χ1n) is 9.01. The molecule has 0 atom stereocenters. The molecule has 0 aliphatic rings. The van der Waals surface area contributed by atoms with Crippen molar-refractivity contribution in [3.63, 3.8) is 0 Å². The first-order valence-corrected chi connectivity index (χ1v) is 10.8. The summed E-state index contributed by atoms with van der Waals surface area (Å²) in [5.74, 6) is -0.276. The summed E-state index contributed by atoms with van der Waals surface area (Å²) in [6.07, 6.45) is 0. The molecule has 0 aliphatic heterocycles. The van der Waals surface area contributed by atoms with Crippen molar-refractivity contribution in [3.05, 3.63) is 58.9 Å². The smallest absolute Gasteiger partial charge is 0.270 e. The van der Waals surface area contributed by atoms with E-state index < -0.39 is 22.5 Å². The van der Waals surface area contributed by atoms with Gasteiger partial charge in [0.15, 0.2) is 10.7 Å². The van der Waals surface area contributed by atoms with Crippen LogP contribution in [0.2, 0.25) is 5.02 Å². The maximum Gasteiger partial charge on any atom is 0.270 e. The number of nitrogens with zero attached hydrogens (tertiary/aromatic N) is 2. The highest BCUT2D eigenvalue weighted by Gasteiger charge is 2.33. The Balaban J connectivity index is 1.99. The average molecular weight is 466 g/mol. The van der Waals surface area contributed by atoms with Gasteiger partial charge in [0.05, 0.1) is 18.5 Å². The van der Waals surface area contributed by atoms with E-state index in [4.69, 9.17) is 20.9 Å². The van der Waals surface area contributed by atoms with E-state index in [2.05, 4.69) is 10.5 Å². The lowest BCUT2D eigenvalue weighted by Crippen LogP contribution is -2.38. The van der Waals surface area contributed by atoms with Gasteiger partial charge in [0.1, 0.15) is 23.7 Å². The molecular formula is C20H20ClN3O6S. The number of hydrogen-bond acceptors (Lipinski definition) is 7. The predicted molar refractivity (Wildman–Crippen MR) is 115 cm³/mol. The minimum Gasteiger partial charge on any atom is -0.506 e. The monoisotopic (exact) mass is 465 g/mol. The highest BCUT2D eigenvalue weighted by Crippen LogP contribution is 2.30. The number of carbonyl (C=O) groups is 1. The molecule has 2 aromatic carbocycles. The van der Waals surface area contributed by atoms with Crippen LogP contribution in [0.15, 0.2) is 51.9 Å². The number of carbonyl (C=O) groups excluding carboxylic acids is 1. The van der Waals surface area contributed by atoms with Gasteiger partial charge in [-0.2, -0.15) is 0 Å². The molecule has 0 bridgehead atoms. The molecule has 0 saturated carbocycles. The van der Waals surface area contributed by atoms with Crippen LogP contribution in [0.3, 0.4) is 0 Å². The van der Waals surface area contributed by atoms with E-state index in [1.807, 2.05) is 0 Å². The van der Waals surface area contributed by atoms with Crippen LogP contribution < -0.4 is 14.4 Å². The van der Waals surface area contributed by atoms with E-state index >= 15 is 0 Å². The number of ether oxygens (including phenoxy) is 1. The van der Waals surface area contributed by atoms with Gasteiger partial charge in [-0.3, -0.25) is 9.10 Å². The predicted octanol–water partition coefficient (Wildman–Crippen LogP) is 3.49. The second-order valence-corrected chi connectivity index (χ2v) is 8.81. The van der Waals surface area contributed by atoms with E-state index in [9.17, 15) is 18.3 Å². The van der Waals surface area contributed by atoms with Crippen LogP contribution >= 0.6 is 11.6 Å². The number of hydrogen-bond donors (Lipinski definition) is 2. The van der Waals surface area contributed by atoms with Crippen molar-refractivity contribution in [3.8, 4) is 11.5 Å². The summed E-state index contributed by atoms with van der Waals surface area (Å²) in [4.78, 5) is 12.6. The number of anilines is 2. The lowest BCUT2D eigenvalue weighted by molar-refractivity contribution is -0.114. The van der Waals surface area contributed by atoms with Crippen LogP contribution in [0.5, 0.6) is 11.5 Å². The number of aromatic nitrogens is 1. The Kier molecular flexibility index (Phi) is 6.42. The van der Waals surface area contributed by atoms with Crippen LogP contribution in [0.1, 0.15) is 11.5 Å². The number of aromatic hydroxyl groups is 1. The summed E-state index contributed by atoms with van der Waals surface area (Å²) in [6, 6.07) is 10.3. The Bertz CT molecular complexity index is 1190. The van der Waals surface area contributed by atoms with Crippen molar-refractivity contribution in [1.29, 1.82) is 0 Å². The van der Waals surface area contributed by atoms with Crippen molar-refractivity contribution in [1.82, 2.24) is 5.16 Å². The molecule has 0 spiro atoms. The molecule has 1 heterocycles. The summed E-state index contributed by atoms with van der Waals surface area (Å²) in [5.41, 5.74) is 0.456. The minimum atomic E-state index is -4.21. The first-order chi connectivity index (χ1) is 14.6. The zero-order valence-corrected chi connectivity index (χ0v) is 18.5. The van der Waals surface area contributed by atoms with Gasteiger partial charge >= 0.3 is 0 Å². The number of amides is 1. The third-order valence-electron chi connectivity index (χ3n) is 4.40. The molecule has 2 N–H and O–H groups in total. The molecule has 164 valence electrons. The summed E-state index contributed by atoms with van der Waals surface area (Å²) >= 11 is 5.91. The minimum absolute atomic E-state index is 0.0573. The van der Waals surface area contributed by atoms with E-state index in [1.165, 1.54) is 51.3 Å². The molecule has 0 aliphatic carbocycles. The number of phenolic OH excluding ortho intramolecular Hbond substituents is 1. The fraction of sp³-hybridized carbons (Fsp3) is 0.200. The summed E-state index contributed by atoms with van der Waals surface area (Å²) < 4.78 is 37.9. The van der Waals surface area contributed by atoms with Crippen LogP contribution in [-0.2, 0) is 14.8 Å². The molecule has 31 heavy (non-hydrogen) atoms. The van der Waals surface area contributed by atoms with E-state index in [0.29, 0.717) is 10.8 Å². The molecule has 0 unspecified atom stereocenters. The number of sulfonamides is 1. The van der Waals surface area contributed by atoms with Gasteiger partial charge in [0.2, 0.25) is 5.91 Å². The SMILES string of the molecule is COc1ccc(N(CC(=O)Nc2cc(Cl)ccc2O)S(=O)(=O)c2c(C)noc2C)cc1. The third kappa shape index (κ3) is 4.75. The number of halogens is 1. The van der Waals surface area contributed by atoms with Crippen molar-refractivity contribution < 1.29 is 27.6 Å². The molecule has 3 rings (SSSR count). The first kappa shape index (κ1) is 22.4. The lowest BCUT2D eigenvalue weighted by atomic mass is 10.3. The fourth-order valence-corrected chi connectivity index (χ4v) is 4.84. The molecule has 1 aromatic heterocycles. The fourth-order valence-electron chi connectivity index (χ4n) is 2.95. The summed E-state index contributed by atoms with van der Waals surface area (Å²) in [5, 5.41) is 16.4. The molecule has 11 heteroatoms. The molecule has 3 aromatic rings.